The number of aryl methyl sites for hydroxylation is 1. The summed E-state index contributed by atoms with van der Waals surface area (Å²) in [5.74, 6) is 5.21. The lowest BCUT2D eigenvalue weighted by Crippen LogP contribution is -2.13. The first-order chi connectivity index (χ1) is 13.2. The minimum atomic E-state index is 0.593. The van der Waals surface area contributed by atoms with Crippen molar-refractivity contribution >= 4 is 0 Å². The summed E-state index contributed by atoms with van der Waals surface area (Å²) >= 11 is 0. The van der Waals surface area contributed by atoms with E-state index in [1.165, 1.54) is 31.2 Å². The molecule has 160 valence electrons. The smallest absolute Gasteiger partial charge is 0.119 e. The normalized spacial score (nSPS) is 17.5. The van der Waals surface area contributed by atoms with Crippen LogP contribution in [0, 0.1) is 42.4 Å². The molecule has 5 atom stereocenters. The van der Waals surface area contributed by atoms with Crippen LogP contribution < -0.4 is 4.74 Å². The fourth-order valence-corrected chi connectivity index (χ4v) is 3.36. The zero-order valence-electron chi connectivity index (χ0n) is 19.9. The van der Waals surface area contributed by atoms with E-state index in [9.17, 15) is 0 Å². The van der Waals surface area contributed by atoms with Gasteiger partial charge in [0.2, 0.25) is 0 Å². The van der Waals surface area contributed by atoms with E-state index < -0.39 is 0 Å². The summed E-state index contributed by atoms with van der Waals surface area (Å²) in [5.41, 5.74) is 1.28. The van der Waals surface area contributed by atoms with E-state index in [1.54, 1.807) is 0 Å². The Bertz CT molecular complexity index is 542. The first kappa shape index (κ1) is 24.8. The van der Waals surface area contributed by atoms with Gasteiger partial charge in [0.25, 0.3) is 0 Å². The number of benzene rings is 1. The minimum Gasteiger partial charge on any atom is -0.493 e. The molecule has 0 amide bonds. The summed E-state index contributed by atoms with van der Waals surface area (Å²) < 4.78 is 5.95. The lowest BCUT2D eigenvalue weighted by Gasteiger charge is -2.21. The maximum Gasteiger partial charge on any atom is 0.119 e. The van der Waals surface area contributed by atoms with Crippen LogP contribution in [0.1, 0.15) is 79.7 Å². The summed E-state index contributed by atoms with van der Waals surface area (Å²) in [6.45, 7) is 19.4. The molecule has 0 aliphatic heterocycles. The highest BCUT2D eigenvalue weighted by Gasteiger charge is 2.14. The highest BCUT2D eigenvalue weighted by Crippen LogP contribution is 2.25. The van der Waals surface area contributed by atoms with E-state index >= 15 is 0 Å². The van der Waals surface area contributed by atoms with Gasteiger partial charge < -0.3 is 4.74 Å². The van der Waals surface area contributed by atoms with E-state index in [2.05, 4.69) is 91.8 Å². The molecule has 1 heteroatoms. The molecule has 28 heavy (non-hydrogen) atoms. The van der Waals surface area contributed by atoms with Crippen LogP contribution in [-0.2, 0) is 0 Å². The molecule has 1 nitrogen and oxygen atoms in total. The molecule has 1 rings (SSSR count). The van der Waals surface area contributed by atoms with Crippen molar-refractivity contribution in [1.29, 1.82) is 0 Å². The number of ether oxygens (including phenoxy) is 1. The number of allylic oxidation sites excluding steroid dienone is 2. The third-order valence-corrected chi connectivity index (χ3v) is 6.38. The van der Waals surface area contributed by atoms with Crippen LogP contribution in [0.25, 0.3) is 0 Å². The first-order valence-electron chi connectivity index (χ1n) is 11.6. The molecule has 0 saturated carbocycles. The van der Waals surface area contributed by atoms with Gasteiger partial charge in [-0.1, -0.05) is 84.7 Å². The number of hydrogen-bond donors (Lipinski definition) is 0. The maximum absolute atomic E-state index is 5.95. The van der Waals surface area contributed by atoms with E-state index in [1.807, 2.05) is 0 Å². The molecular weight excluding hydrogens is 340 g/mol. The largest absolute Gasteiger partial charge is 0.493 e. The molecule has 0 bridgehead atoms. The van der Waals surface area contributed by atoms with Crippen molar-refractivity contribution in [3.63, 3.8) is 0 Å². The van der Waals surface area contributed by atoms with Crippen LogP contribution in [0.5, 0.6) is 5.75 Å². The third-order valence-electron chi connectivity index (χ3n) is 6.38. The van der Waals surface area contributed by atoms with Crippen LogP contribution in [0.3, 0.4) is 0 Å². The SMILES string of the molecule is Cc1ccc(OCC(C)CCC(C)C(C)/C=C\C(C)C(C)CCC(C)C)cc1. The van der Waals surface area contributed by atoms with E-state index in [4.69, 9.17) is 4.74 Å². The van der Waals surface area contributed by atoms with Gasteiger partial charge in [-0.25, -0.2) is 0 Å². The molecular formula is C27H46O. The molecule has 0 spiro atoms. The maximum atomic E-state index is 5.95. The Hall–Kier alpha value is -1.24. The van der Waals surface area contributed by atoms with Gasteiger partial charge in [-0.15, -0.1) is 0 Å². The van der Waals surface area contributed by atoms with Crippen molar-refractivity contribution in [1.82, 2.24) is 0 Å². The van der Waals surface area contributed by atoms with Crippen LogP contribution in [0.15, 0.2) is 36.4 Å². The monoisotopic (exact) mass is 386 g/mol. The predicted molar refractivity (Wildman–Crippen MR) is 125 cm³/mol. The first-order valence-corrected chi connectivity index (χ1v) is 11.6. The summed E-state index contributed by atoms with van der Waals surface area (Å²) in [6.07, 6.45) is 10.1. The van der Waals surface area contributed by atoms with Gasteiger partial charge in [-0.3, -0.25) is 0 Å². The van der Waals surface area contributed by atoms with Crippen molar-refractivity contribution in [3.8, 4) is 5.75 Å². The topological polar surface area (TPSA) is 9.23 Å². The van der Waals surface area contributed by atoms with Crippen LogP contribution in [0.2, 0.25) is 0 Å². The Morgan fingerprint density at radius 1 is 0.714 bits per heavy atom. The summed E-state index contributed by atoms with van der Waals surface area (Å²) in [4.78, 5) is 0. The summed E-state index contributed by atoms with van der Waals surface area (Å²) in [6, 6.07) is 8.36. The number of hydrogen-bond acceptors (Lipinski definition) is 1. The second kappa shape index (κ2) is 13.1. The molecule has 0 radical (unpaired) electrons. The quantitative estimate of drug-likeness (QED) is 0.310. The van der Waals surface area contributed by atoms with Crippen molar-refractivity contribution in [2.45, 2.75) is 81.1 Å². The molecule has 0 heterocycles. The second-order valence-corrected chi connectivity index (χ2v) is 9.84. The lowest BCUT2D eigenvalue weighted by molar-refractivity contribution is 0.239. The zero-order valence-corrected chi connectivity index (χ0v) is 19.9. The molecule has 0 aliphatic carbocycles. The highest BCUT2D eigenvalue weighted by atomic mass is 16.5. The van der Waals surface area contributed by atoms with Gasteiger partial charge in [0.15, 0.2) is 0 Å². The van der Waals surface area contributed by atoms with E-state index in [0.717, 1.165) is 30.1 Å². The Morgan fingerprint density at radius 3 is 1.71 bits per heavy atom. The summed E-state index contributed by atoms with van der Waals surface area (Å²) in [5, 5.41) is 0. The van der Waals surface area contributed by atoms with Gasteiger partial charge in [0.1, 0.15) is 5.75 Å². The van der Waals surface area contributed by atoms with Crippen molar-refractivity contribution in [2.24, 2.45) is 35.5 Å². The van der Waals surface area contributed by atoms with Crippen molar-refractivity contribution in [3.05, 3.63) is 42.0 Å². The molecule has 5 unspecified atom stereocenters. The molecule has 0 fully saturated rings. The molecule has 0 N–H and O–H groups in total. The van der Waals surface area contributed by atoms with Gasteiger partial charge in [-0.2, -0.15) is 0 Å². The number of rotatable bonds is 13. The Morgan fingerprint density at radius 2 is 1.21 bits per heavy atom. The minimum absolute atomic E-state index is 0.593. The van der Waals surface area contributed by atoms with Crippen LogP contribution in [0.4, 0.5) is 0 Å². The third kappa shape index (κ3) is 10.3. The average molecular weight is 387 g/mol. The van der Waals surface area contributed by atoms with E-state index in [0.29, 0.717) is 17.8 Å². The molecule has 0 saturated heterocycles. The van der Waals surface area contributed by atoms with Gasteiger partial charge in [-0.05, 0) is 73.8 Å². The van der Waals surface area contributed by atoms with Crippen LogP contribution in [-0.4, -0.2) is 6.61 Å². The summed E-state index contributed by atoms with van der Waals surface area (Å²) in [7, 11) is 0. The molecule has 0 aliphatic rings. The molecule has 1 aromatic rings. The molecule has 1 aromatic carbocycles. The lowest BCUT2D eigenvalue weighted by atomic mass is 9.85. The Kier molecular flexibility index (Phi) is 11.6. The van der Waals surface area contributed by atoms with Crippen molar-refractivity contribution < 1.29 is 4.74 Å². The Balaban J connectivity index is 2.30. The Labute approximate surface area is 176 Å². The second-order valence-electron chi connectivity index (χ2n) is 9.84. The fraction of sp³-hybridized carbons (Fsp3) is 0.704. The van der Waals surface area contributed by atoms with Gasteiger partial charge in [0.05, 0.1) is 6.61 Å². The highest BCUT2D eigenvalue weighted by molar-refractivity contribution is 5.26. The van der Waals surface area contributed by atoms with Crippen LogP contribution >= 0.6 is 0 Å². The fourth-order valence-electron chi connectivity index (χ4n) is 3.36. The molecule has 0 aromatic heterocycles. The zero-order chi connectivity index (χ0) is 21.1. The predicted octanol–water partition coefficient (Wildman–Crippen LogP) is 8.33. The van der Waals surface area contributed by atoms with Crippen molar-refractivity contribution in [2.75, 3.05) is 6.61 Å². The average Bonchev–Trinajstić information content (AvgIpc) is 2.67. The standard InChI is InChI=1S/C27H46O/c1-20(2)9-13-23(5)25(7)15-16-26(8)24(6)14-10-22(4)19-28-27-17-11-21(3)12-18-27/h11-12,15-18,20,22-26H,9-10,13-14,19H2,1-8H3/b16-15-. The van der Waals surface area contributed by atoms with Gasteiger partial charge in [0, 0.05) is 0 Å². The van der Waals surface area contributed by atoms with Gasteiger partial charge >= 0.3 is 0 Å². The van der Waals surface area contributed by atoms with E-state index in [-0.39, 0.29) is 0 Å².